The van der Waals surface area contributed by atoms with E-state index in [0.29, 0.717) is 18.4 Å². The van der Waals surface area contributed by atoms with E-state index < -0.39 is 0 Å². The molecule has 1 amide bonds. The molecule has 142 valence electrons. The van der Waals surface area contributed by atoms with E-state index in [-0.39, 0.29) is 12.7 Å². The second-order valence-electron chi connectivity index (χ2n) is 7.68. The molecule has 0 aliphatic carbocycles. The smallest absolute Gasteiger partial charge is 0.231 e. The number of carbonyl (C=O) groups excluding carboxylic acids is 1. The third-order valence-corrected chi connectivity index (χ3v) is 6.41. The topological polar surface area (TPSA) is 54.9 Å². The fourth-order valence-corrected chi connectivity index (χ4v) is 5.03. The monoisotopic (exact) mass is 385 g/mol. The van der Waals surface area contributed by atoms with Gasteiger partial charge in [0.2, 0.25) is 12.7 Å². The first-order valence-electron chi connectivity index (χ1n) is 9.52. The lowest BCUT2D eigenvalue weighted by Crippen LogP contribution is -2.48. The maximum atomic E-state index is 13.1. The van der Waals surface area contributed by atoms with Gasteiger partial charge in [-0.1, -0.05) is 6.07 Å². The Labute approximate surface area is 162 Å². The van der Waals surface area contributed by atoms with E-state index in [1.54, 1.807) is 11.3 Å². The molecule has 2 aromatic rings. The lowest BCUT2D eigenvalue weighted by atomic mass is 9.94. The number of hydrogen-bond acceptors (Lipinski definition) is 6. The summed E-state index contributed by atoms with van der Waals surface area (Å²) in [6.07, 6.45) is 2.74. The van der Waals surface area contributed by atoms with Gasteiger partial charge in [-0.05, 0) is 36.5 Å². The zero-order valence-electron chi connectivity index (χ0n) is 15.2. The quantitative estimate of drug-likeness (QED) is 0.810. The van der Waals surface area contributed by atoms with Crippen molar-refractivity contribution >= 4 is 17.2 Å². The number of nitrogens with zero attached hydrogens (tertiary/aromatic N) is 3. The van der Waals surface area contributed by atoms with Gasteiger partial charge in [-0.25, -0.2) is 4.98 Å². The van der Waals surface area contributed by atoms with E-state index in [4.69, 9.17) is 9.47 Å². The number of ether oxygens (including phenoxy) is 2. The van der Waals surface area contributed by atoms with Gasteiger partial charge in [0.25, 0.3) is 0 Å². The van der Waals surface area contributed by atoms with Crippen LogP contribution in [0.3, 0.4) is 0 Å². The maximum Gasteiger partial charge on any atom is 0.231 e. The summed E-state index contributed by atoms with van der Waals surface area (Å²) in [4.78, 5) is 22.1. The second kappa shape index (κ2) is 7.13. The van der Waals surface area contributed by atoms with Crippen LogP contribution >= 0.6 is 11.3 Å². The van der Waals surface area contributed by atoms with Gasteiger partial charge in [-0.2, -0.15) is 0 Å². The minimum atomic E-state index is 0.221. The number of hydrogen-bond donors (Lipinski definition) is 0. The number of piperidine rings is 1. The first-order chi connectivity index (χ1) is 13.2. The summed E-state index contributed by atoms with van der Waals surface area (Å²) >= 11 is 1.64. The van der Waals surface area contributed by atoms with Crippen molar-refractivity contribution in [3.63, 3.8) is 0 Å². The lowest BCUT2D eigenvalue weighted by Gasteiger charge is -2.36. The molecule has 2 bridgehead atoms. The Kier molecular flexibility index (Phi) is 4.49. The van der Waals surface area contributed by atoms with Crippen LogP contribution in [0.5, 0.6) is 11.5 Å². The van der Waals surface area contributed by atoms with Crippen molar-refractivity contribution in [1.29, 1.82) is 0 Å². The molecule has 6 nitrogen and oxygen atoms in total. The second-order valence-corrected chi connectivity index (χ2v) is 8.40. The van der Waals surface area contributed by atoms with Gasteiger partial charge >= 0.3 is 0 Å². The average Bonchev–Trinajstić information content (AvgIpc) is 3.26. The lowest BCUT2D eigenvalue weighted by molar-refractivity contribution is -0.134. The van der Waals surface area contributed by atoms with Gasteiger partial charge in [0.15, 0.2) is 11.5 Å². The summed E-state index contributed by atoms with van der Waals surface area (Å²) in [5.41, 5.74) is 4.02. The van der Waals surface area contributed by atoms with Crippen LogP contribution in [0.1, 0.15) is 24.1 Å². The number of thiazole rings is 1. The van der Waals surface area contributed by atoms with Crippen LogP contribution in [0.25, 0.3) is 0 Å². The first-order valence-corrected chi connectivity index (χ1v) is 10.5. The van der Waals surface area contributed by atoms with Crippen molar-refractivity contribution in [2.75, 3.05) is 26.4 Å². The molecule has 0 unspecified atom stereocenters. The van der Waals surface area contributed by atoms with Crippen molar-refractivity contribution in [3.8, 4) is 11.5 Å². The molecule has 0 radical (unpaired) electrons. The highest BCUT2D eigenvalue weighted by Crippen LogP contribution is 2.33. The maximum absolute atomic E-state index is 13.1. The zero-order valence-corrected chi connectivity index (χ0v) is 16.0. The Hall–Kier alpha value is -2.12. The molecule has 1 aromatic carbocycles. The van der Waals surface area contributed by atoms with E-state index in [1.807, 2.05) is 23.7 Å². The van der Waals surface area contributed by atoms with Gasteiger partial charge in [-0.3, -0.25) is 9.69 Å². The fraction of sp³-hybridized carbons (Fsp3) is 0.500. The van der Waals surface area contributed by atoms with Gasteiger partial charge in [0.1, 0.15) is 0 Å². The van der Waals surface area contributed by atoms with Crippen LogP contribution in [-0.2, 0) is 17.8 Å². The molecular weight excluding hydrogens is 362 g/mol. The van der Waals surface area contributed by atoms with Crippen molar-refractivity contribution in [2.24, 2.45) is 5.92 Å². The number of fused-ring (bicyclic) bond motifs is 5. The van der Waals surface area contributed by atoms with E-state index in [1.165, 1.54) is 6.42 Å². The number of carbonyl (C=O) groups is 1. The van der Waals surface area contributed by atoms with Crippen molar-refractivity contribution in [2.45, 2.75) is 31.8 Å². The predicted molar refractivity (Wildman–Crippen MR) is 102 cm³/mol. The third-order valence-electron chi connectivity index (χ3n) is 5.77. The summed E-state index contributed by atoms with van der Waals surface area (Å²) in [6, 6.07) is 6.11. The highest BCUT2D eigenvalue weighted by atomic mass is 32.1. The minimum absolute atomic E-state index is 0.221. The molecule has 4 aliphatic rings. The van der Waals surface area contributed by atoms with E-state index >= 15 is 0 Å². The average molecular weight is 385 g/mol. The molecule has 3 fully saturated rings. The summed E-state index contributed by atoms with van der Waals surface area (Å²) < 4.78 is 10.8. The minimum Gasteiger partial charge on any atom is -0.454 e. The van der Waals surface area contributed by atoms with E-state index in [0.717, 1.165) is 55.4 Å². The standard InChI is InChI=1S/C20H23N3O3S/c24-20(6-14-2-4-18-19(5-14)26-13-25-18)23-8-15-1-3-17(23)10-22(7-15)9-16-11-27-12-21-16/h2,4-5,11-12,15,17H,1,3,6-10,13H2/t15-,17+/m0/s1. The highest BCUT2D eigenvalue weighted by Gasteiger charge is 2.37. The third kappa shape index (κ3) is 3.53. The Morgan fingerprint density at radius 3 is 3.00 bits per heavy atom. The number of aromatic nitrogens is 1. The van der Waals surface area contributed by atoms with Crippen molar-refractivity contribution in [1.82, 2.24) is 14.8 Å². The van der Waals surface area contributed by atoms with E-state index in [9.17, 15) is 4.79 Å². The molecule has 1 aromatic heterocycles. The van der Waals surface area contributed by atoms with Crippen LogP contribution in [0, 0.1) is 5.92 Å². The highest BCUT2D eigenvalue weighted by molar-refractivity contribution is 7.07. The summed E-state index contributed by atoms with van der Waals surface area (Å²) in [5, 5.41) is 2.12. The van der Waals surface area contributed by atoms with Gasteiger partial charge in [-0.15, -0.1) is 11.3 Å². The number of rotatable bonds is 4. The summed E-state index contributed by atoms with van der Waals surface area (Å²) in [6.45, 7) is 4.03. The van der Waals surface area contributed by atoms with Crippen LogP contribution in [0.15, 0.2) is 29.1 Å². The molecule has 4 aliphatic heterocycles. The van der Waals surface area contributed by atoms with Gasteiger partial charge in [0.05, 0.1) is 17.6 Å². The van der Waals surface area contributed by atoms with Gasteiger partial charge < -0.3 is 14.4 Å². The summed E-state index contributed by atoms with van der Waals surface area (Å²) in [7, 11) is 0. The molecule has 0 spiro atoms. The molecule has 7 heteroatoms. The van der Waals surface area contributed by atoms with Crippen LogP contribution < -0.4 is 9.47 Å². The molecule has 0 saturated carbocycles. The van der Waals surface area contributed by atoms with E-state index in [2.05, 4.69) is 20.2 Å². The SMILES string of the molecule is O=C(Cc1ccc2c(c1)OCO2)N1C[C@H]2CC[C@@H]1CN(Cc1cscn1)C2. The Morgan fingerprint density at radius 1 is 1.19 bits per heavy atom. The molecule has 27 heavy (non-hydrogen) atoms. The first kappa shape index (κ1) is 17.0. The predicted octanol–water partition coefficient (Wildman–Crippen LogP) is 2.54. The molecular formula is C20H23N3O3S. The largest absolute Gasteiger partial charge is 0.454 e. The number of benzene rings is 1. The molecule has 5 heterocycles. The van der Waals surface area contributed by atoms with Crippen molar-refractivity contribution < 1.29 is 14.3 Å². The van der Waals surface area contributed by atoms with Gasteiger partial charge in [0, 0.05) is 37.6 Å². The Morgan fingerprint density at radius 2 is 2.11 bits per heavy atom. The Bertz CT molecular complexity index is 826. The van der Waals surface area contributed by atoms with Crippen LogP contribution in [-0.4, -0.2) is 53.2 Å². The fourth-order valence-electron chi connectivity index (χ4n) is 4.49. The molecule has 3 saturated heterocycles. The zero-order chi connectivity index (χ0) is 18.2. The molecule has 0 N–H and O–H groups in total. The summed E-state index contributed by atoms with van der Waals surface area (Å²) in [5.74, 6) is 2.28. The van der Waals surface area contributed by atoms with Crippen molar-refractivity contribution in [3.05, 3.63) is 40.3 Å². The van der Waals surface area contributed by atoms with Crippen LogP contribution in [0.4, 0.5) is 0 Å². The molecule has 2 atom stereocenters. The number of amides is 1. The Balaban J connectivity index is 1.27. The van der Waals surface area contributed by atoms with Crippen LogP contribution in [0.2, 0.25) is 0 Å². The molecule has 6 rings (SSSR count). The normalized spacial score (nSPS) is 24.2.